The molecule has 2 aromatic heterocycles. The fraction of sp³-hybridized carbons (Fsp3) is 0.455. The monoisotopic (exact) mass is 407 g/mol. The Morgan fingerprint density at radius 2 is 2.23 bits per heavy atom. The van der Waals surface area contributed by atoms with Gasteiger partial charge in [-0.3, -0.25) is 9.78 Å². The number of nitriles is 1. The SMILES string of the molecule is C[C@@H]1C[C@H](n2c(CC(=O)N[C@@H]3C[C@H]3F)nc3cnc4ccc(C#N)cc4c32)CCO1. The summed E-state index contributed by atoms with van der Waals surface area (Å²) in [6.07, 6.45) is 2.93. The number of nitrogens with one attached hydrogen (secondary N) is 1. The fourth-order valence-electron chi connectivity index (χ4n) is 4.34. The molecule has 7 nitrogen and oxygen atoms in total. The number of carbonyl (C=O) groups excluding carboxylic acids is 1. The van der Waals surface area contributed by atoms with E-state index in [2.05, 4.69) is 20.9 Å². The van der Waals surface area contributed by atoms with Crippen molar-refractivity contribution in [2.24, 2.45) is 0 Å². The summed E-state index contributed by atoms with van der Waals surface area (Å²) in [7, 11) is 0. The van der Waals surface area contributed by atoms with E-state index in [4.69, 9.17) is 9.72 Å². The van der Waals surface area contributed by atoms with Crippen molar-refractivity contribution in [2.75, 3.05) is 6.61 Å². The van der Waals surface area contributed by atoms with Gasteiger partial charge in [-0.05, 0) is 38.0 Å². The number of fused-ring (bicyclic) bond motifs is 3. The quantitative estimate of drug-likeness (QED) is 0.718. The number of ether oxygens (including phenoxy) is 1. The molecule has 1 N–H and O–H groups in total. The lowest BCUT2D eigenvalue weighted by molar-refractivity contribution is -0.120. The predicted molar refractivity (Wildman–Crippen MR) is 109 cm³/mol. The highest BCUT2D eigenvalue weighted by molar-refractivity contribution is 6.03. The Balaban J connectivity index is 1.64. The number of aromatic nitrogens is 3. The van der Waals surface area contributed by atoms with Crippen molar-refractivity contribution >= 4 is 27.8 Å². The third-order valence-corrected chi connectivity index (χ3v) is 5.92. The van der Waals surface area contributed by atoms with Crippen LogP contribution in [0.1, 0.15) is 43.6 Å². The van der Waals surface area contributed by atoms with E-state index in [1.165, 1.54) is 0 Å². The Kier molecular flexibility index (Phi) is 4.63. The number of rotatable bonds is 4. The van der Waals surface area contributed by atoms with Crippen LogP contribution in [0.4, 0.5) is 4.39 Å². The molecule has 3 aromatic rings. The average Bonchev–Trinajstić information content (AvgIpc) is 3.29. The first-order valence-corrected chi connectivity index (χ1v) is 10.3. The van der Waals surface area contributed by atoms with E-state index < -0.39 is 6.17 Å². The standard InChI is InChI=1S/C22H22FN5O2/c1-12-6-14(4-5-30-12)28-20(9-21(29)27-18-8-16(18)23)26-19-11-25-17-3-2-13(10-24)7-15(17)22(19)28/h2-3,7,11-12,14,16,18H,4-6,8-9H2,1H3,(H,27,29)/t12-,14-,16-,18-/m1/s1. The normalized spacial score (nSPS) is 25.9. The number of nitrogens with zero attached hydrogens (tertiary/aromatic N) is 4. The second-order valence-electron chi connectivity index (χ2n) is 8.20. The first-order valence-electron chi connectivity index (χ1n) is 10.3. The number of alkyl halides is 1. The van der Waals surface area contributed by atoms with Crippen molar-refractivity contribution in [1.29, 1.82) is 5.26 Å². The van der Waals surface area contributed by atoms with Crippen molar-refractivity contribution < 1.29 is 13.9 Å². The number of benzene rings is 1. The molecule has 1 saturated carbocycles. The van der Waals surface area contributed by atoms with Gasteiger partial charge < -0.3 is 14.6 Å². The highest BCUT2D eigenvalue weighted by Gasteiger charge is 2.39. The molecule has 0 radical (unpaired) electrons. The lowest BCUT2D eigenvalue weighted by Gasteiger charge is -2.30. The van der Waals surface area contributed by atoms with Crippen LogP contribution in [0.3, 0.4) is 0 Å². The van der Waals surface area contributed by atoms with Gasteiger partial charge in [0.2, 0.25) is 5.91 Å². The molecule has 1 aliphatic heterocycles. The average molecular weight is 407 g/mol. The van der Waals surface area contributed by atoms with Crippen LogP contribution in [0.25, 0.3) is 21.9 Å². The summed E-state index contributed by atoms with van der Waals surface area (Å²) in [6.45, 7) is 2.68. The van der Waals surface area contributed by atoms with Gasteiger partial charge in [-0.25, -0.2) is 9.37 Å². The topological polar surface area (TPSA) is 92.8 Å². The maximum Gasteiger partial charge on any atom is 0.227 e. The van der Waals surface area contributed by atoms with E-state index in [1.54, 1.807) is 12.3 Å². The van der Waals surface area contributed by atoms with Gasteiger partial charge in [0.1, 0.15) is 17.5 Å². The van der Waals surface area contributed by atoms with Crippen molar-refractivity contribution in [1.82, 2.24) is 19.9 Å². The summed E-state index contributed by atoms with van der Waals surface area (Å²) in [5.74, 6) is 0.404. The summed E-state index contributed by atoms with van der Waals surface area (Å²) in [5.41, 5.74) is 2.90. The van der Waals surface area contributed by atoms with Crippen LogP contribution in [0.2, 0.25) is 0 Å². The molecular formula is C22H22FN5O2. The van der Waals surface area contributed by atoms with Crippen molar-refractivity contribution in [3.8, 4) is 6.07 Å². The molecule has 8 heteroatoms. The van der Waals surface area contributed by atoms with Crippen LogP contribution in [0, 0.1) is 11.3 Å². The van der Waals surface area contributed by atoms with E-state index >= 15 is 0 Å². The van der Waals surface area contributed by atoms with Crippen LogP contribution in [0.15, 0.2) is 24.4 Å². The van der Waals surface area contributed by atoms with E-state index in [1.807, 2.05) is 19.1 Å². The minimum Gasteiger partial charge on any atom is -0.378 e. The van der Waals surface area contributed by atoms with Gasteiger partial charge in [0.15, 0.2) is 0 Å². The molecule has 154 valence electrons. The summed E-state index contributed by atoms with van der Waals surface area (Å²) in [6, 6.07) is 7.33. The highest BCUT2D eigenvalue weighted by atomic mass is 19.1. The second-order valence-corrected chi connectivity index (χ2v) is 8.20. The molecule has 0 bridgehead atoms. The Labute approximate surface area is 172 Å². The zero-order valence-electron chi connectivity index (χ0n) is 16.6. The molecule has 30 heavy (non-hydrogen) atoms. The first kappa shape index (κ1) is 18.9. The third kappa shape index (κ3) is 3.39. The number of imidazole rings is 1. The summed E-state index contributed by atoms with van der Waals surface area (Å²) >= 11 is 0. The first-order chi connectivity index (χ1) is 14.5. The van der Waals surface area contributed by atoms with Gasteiger partial charge in [-0.1, -0.05) is 0 Å². The molecule has 4 atom stereocenters. The van der Waals surface area contributed by atoms with Gasteiger partial charge in [0.25, 0.3) is 0 Å². The lowest BCUT2D eigenvalue weighted by Crippen LogP contribution is -2.31. The number of carbonyl (C=O) groups is 1. The van der Waals surface area contributed by atoms with Crippen LogP contribution in [-0.2, 0) is 16.0 Å². The Morgan fingerprint density at radius 1 is 1.40 bits per heavy atom. The van der Waals surface area contributed by atoms with Gasteiger partial charge in [0, 0.05) is 24.5 Å². The lowest BCUT2D eigenvalue weighted by atomic mass is 10.0. The van der Waals surface area contributed by atoms with E-state index in [0.717, 1.165) is 29.3 Å². The molecule has 3 heterocycles. The van der Waals surface area contributed by atoms with Gasteiger partial charge >= 0.3 is 0 Å². The number of hydrogen-bond acceptors (Lipinski definition) is 5. The predicted octanol–water partition coefficient (Wildman–Crippen LogP) is 2.97. The second kappa shape index (κ2) is 7.33. The van der Waals surface area contributed by atoms with Gasteiger partial charge in [0.05, 0.1) is 47.4 Å². The van der Waals surface area contributed by atoms with Crippen molar-refractivity contribution in [3.63, 3.8) is 0 Å². The zero-order valence-corrected chi connectivity index (χ0v) is 16.6. The molecular weight excluding hydrogens is 385 g/mol. The Bertz CT molecular complexity index is 1180. The molecule has 0 unspecified atom stereocenters. The smallest absolute Gasteiger partial charge is 0.227 e. The molecule has 0 spiro atoms. The van der Waals surface area contributed by atoms with E-state index in [-0.39, 0.29) is 30.5 Å². The molecule has 5 rings (SSSR count). The molecule has 1 amide bonds. The van der Waals surface area contributed by atoms with E-state index in [9.17, 15) is 14.4 Å². The number of pyridine rings is 1. The zero-order chi connectivity index (χ0) is 20.8. The van der Waals surface area contributed by atoms with Crippen LogP contribution < -0.4 is 5.32 Å². The number of hydrogen-bond donors (Lipinski definition) is 1. The van der Waals surface area contributed by atoms with Crippen molar-refractivity contribution in [2.45, 2.75) is 57.0 Å². The summed E-state index contributed by atoms with van der Waals surface area (Å²) in [4.78, 5) is 21.7. The Morgan fingerprint density at radius 3 is 2.97 bits per heavy atom. The minimum atomic E-state index is -0.943. The van der Waals surface area contributed by atoms with Crippen LogP contribution in [-0.4, -0.2) is 45.4 Å². The Hall–Kier alpha value is -3.05. The summed E-state index contributed by atoms with van der Waals surface area (Å²) in [5, 5.41) is 12.9. The van der Waals surface area contributed by atoms with Gasteiger partial charge in [-0.2, -0.15) is 5.26 Å². The number of amides is 1. The molecule has 1 aromatic carbocycles. The van der Waals surface area contributed by atoms with Crippen molar-refractivity contribution in [3.05, 3.63) is 35.8 Å². The van der Waals surface area contributed by atoms with Gasteiger partial charge in [-0.15, -0.1) is 0 Å². The third-order valence-electron chi connectivity index (χ3n) is 5.92. The number of halogens is 1. The molecule has 2 fully saturated rings. The molecule has 2 aliphatic rings. The van der Waals surface area contributed by atoms with Crippen LogP contribution in [0.5, 0.6) is 0 Å². The highest BCUT2D eigenvalue weighted by Crippen LogP contribution is 2.34. The fourth-order valence-corrected chi connectivity index (χ4v) is 4.34. The minimum absolute atomic E-state index is 0.0725. The maximum absolute atomic E-state index is 13.2. The maximum atomic E-state index is 13.2. The largest absolute Gasteiger partial charge is 0.378 e. The van der Waals surface area contributed by atoms with Crippen LogP contribution >= 0.6 is 0 Å². The molecule has 1 saturated heterocycles. The molecule has 1 aliphatic carbocycles. The summed E-state index contributed by atoms with van der Waals surface area (Å²) < 4.78 is 21.1. The van der Waals surface area contributed by atoms with E-state index in [0.29, 0.717) is 29.9 Å².